The molecule has 0 atom stereocenters. The summed E-state index contributed by atoms with van der Waals surface area (Å²) < 4.78 is 35.6. The molecule has 0 saturated carbocycles. The van der Waals surface area contributed by atoms with Crippen molar-refractivity contribution in [2.75, 3.05) is 20.3 Å². The van der Waals surface area contributed by atoms with Gasteiger partial charge in [-0.1, -0.05) is 0 Å². The van der Waals surface area contributed by atoms with Gasteiger partial charge in [0.2, 0.25) is 0 Å². The summed E-state index contributed by atoms with van der Waals surface area (Å²) in [6.07, 6.45) is 0. The molecule has 78 valence electrons. The average molecular weight is 202 g/mol. The first-order chi connectivity index (χ1) is 6.65. The van der Waals surface area contributed by atoms with Gasteiger partial charge in [0.05, 0.1) is 6.61 Å². The van der Waals surface area contributed by atoms with E-state index in [1.54, 1.807) is 0 Å². The van der Waals surface area contributed by atoms with Gasteiger partial charge >= 0.3 is 0 Å². The zero-order valence-corrected chi connectivity index (χ0v) is 8.14. The number of hydrogen-bond acceptors (Lipinski definition) is 2. The van der Waals surface area contributed by atoms with E-state index < -0.39 is 11.6 Å². The van der Waals surface area contributed by atoms with Crippen LogP contribution in [0.4, 0.5) is 8.78 Å². The van der Waals surface area contributed by atoms with Crippen LogP contribution in [-0.4, -0.2) is 20.3 Å². The number of halogens is 2. The fraction of sp³-hybridized carbons (Fsp3) is 0.400. The summed E-state index contributed by atoms with van der Waals surface area (Å²) in [5.41, 5.74) is 0.308. The van der Waals surface area contributed by atoms with Crippen LogP contribution in [0.15, 0.2) is 12.1 Å². The van der Waals surface area contributed by atoms with Crippen molar-refractivity contribution >= 4 is 0 Å². The molecule has 0 heterocycles. The van der Waals surface area contributed by atoms with E-state index in [1.807, 2.05) is 0 Å². The Bertz CT molecular complexity index is 313. The number of benzene rings is 1. The molecule has 4 heteroatoms. The van der Waals surface area contributed by atoms with Gasteiger partial charge in [-0.25, -0.2) is 8.78 Å². The third-order valence-electron chi connectivity index (χ3n) is 1.81. The van der Waals surface area contributed by atoms with Gasteiger partial charge in [-0.15, -0.1) is 0 Å². The maximum absolute atomic E-state index is 13.0. The van der Waals surface area contributed by atoms with Gasteiger partial charge in [-0.05, 0) is 6.92 Å². The highest BCUT2D eigenvalue weighted by atomic mass is 19.1. The zero-order valence-electron chi connectivity index (χ0n) is 8.14. The van der Waals surface area contributed by atoms with Gasteiger partial charge in [0, 0.05) is 24.8 Å². The normalized spacial score (nSPS) is 10.3. The molecule has 0 aliphatic carbocycles. The van der Waals surface area contributed by atoms with Crippen LogP contribution >= 0.6 is 0 Å². The molecule has 0 saturated heterocycles. The Morgan fingerprint density at radius 3 is 2.57 bits per heavy atom. The zero-order chi connectivity index (χ0) is 10.6. The molecule has 1 aromatic rings. The van der Waals surface area contributed by atoms with E-state index in [9.17, 15) is 8.78 Å². The minimum atomic E-state index is -0.638. The number of hydrogen-bond donors (Lipinski definition) is 0. The summed E-state index contributed by atoms with van der Waals surface area (Å²) in [7, 11) is 1.53. The van der Waals surface area contributed by atoms with Crippen molar-refractivity contribution in [1.82, 2.24) is 0 Å². The lowest BCUT2D eigenvalue weighted by molar-refractivity contribution is 0.145. The SMILES string of the molecule is COCCOc1cc(F)cc(F)c1C. The number of methoxy groups -OCH3 is 1. The average Bonchev–Trinajstić information content (AvgIpc) is 2.13. The molecule has 0 amide bonds. The van der Waals surface area contributed by atoms with Crippen molar-refractivity contribution in [1.29, 1.82) is 0 Å². The molecule has 0 radical (unpaired) electrons. The summed E-state index contributed by atoms with van der Waals surface area (Å²) >= 11 is 0. The smallest absolute Gasteiger partial charge is 0.132 e. The second kappa shape index (κ2) is 4.91. The van der Waals surface area contributed by atoms with Crippen LogP contribution in [-0.2, 0) is 4.74 Å². The molecule has 0 unspecified atom stereocenters. The van der Waals surface area contributed by atoms with Crippen molar-refractivity contribution in [3.63, 3.8) is 0 Å². The third kappa shape index (κ3) is 2.67. The molecule has 0 N–H and O–H groups in total. The maximum Gasteiger partial charge on any atom is 0.132 e. The maximum atomic E-state index is 13.0. The van der Waals surface area contributed by atoms with E-state index in [4.69, 9.17) is 9.47 Å². The molecule has 0 bridgehead atoms. The van der Waals surface area contributed by atoms with Crippen LogP contribution in [0.1, 0.15) is 5.56 Å². The molecule has 0 spiro atoms. The quantitative estimate of drug-likeness (QED) is 0.697. The molecular weight excluding hydrogens is 190 g/mol. The van der Waals surface area contributed by atoms with Crippen molar-refractivity contribution < 1.29 is 18.3 Å². The van der Waals surface area contributed by atoms with E-state index in [0.717, 1.165) is 12.1 Å². The van der Waals surface area contributed by atoms with Gasteiger partial charge < -0.3 is 9.47 Å². The number of rotatable bonds is 4. The van der Waals surface area contributed by atoms with Crippen LogP contribution in [0.3, 0.4) is 0 Å². The van der Waals surface area contributed by atoms with E-state index in [0.29, 0.717) is 12.2 Å². The highest BCUT2D eigenvalue weighted by Crippen LogP contribution is 2.22. The molecule has 0 aliphatic rings. The highest BCUT2D eigenvalue weighted by molar-refractivity contribution is 5.34. The second-order valence-electron chi connectivity index (χ2n) is 2.85. The fourth-order valence-corrected chi connectivity index (χ4v) is 1.01. The van der Waals surface area contributed by atoms with E-state index in [-0.39, 0.29) is 12.4 Å². The Kier molecular flexibility index (Phi) is 3.83. The molecule has 0 aliphatic heterocycles. The Morgan fingerprint density at radius 2 is 1.93 bits per heavy atom. The van der Waals surface area contributed by atoms with Gasteiger partial charge in [-0.2, -0.15) is 0 Å². The molecule has 1 rings (SSSR count). The van der Waals surface area contributed by atoms with Crippen molar-refractivity contribution in [3.8, 4) is 5.75 Å². The standard InChI is InChI=1S/C10H12F2O2/c1-7-9(12)5-8(11)6-10(7)14-4-3-13-2/h5-6H,3-4H2,1-2H3. The van der Waals surface area contributed by atoms with Gasteiger partial charge in [0.1, 0.15) is 24.0 Å². The van der Waals surface area contributed by atoms with Crippen LogP contribution in [0, 0.1) is 18.6 Å². The van der Waals surface area contributed by atoms with Gasteiger partial charge in [-0.3, -0.25) is 0 Å². The largest absolute Gasteiger partial charge is 0.491 e. The predicted octanol–water partition coefficient (Wildman–Crippen LogP) is 2.30. The van der Waals surface area contributed by atoms with Crippen molar-refractivity contribution in [2.24, 2.45) is 0 Å². The van der Waals surface area contributed by atoms with Gasteiger partial charge in [0.25, 0.3) is 0 Å². The van der Waals surface area contributed by atoms with Crippen LogP contribution in [0.2, 0.25) is 0 Å². The summed E-state index contributed by atoms with van der Waals surface area (Å²) in [6.45, 7) is 2.20. The molecule has 1 aromatic carbocycles. The fourth-order valence-electron chi connectivity index (χ4n) is 1.01. The molecular formula is C10H12F2O2. The van der Waals surface area contributed by atoms with Crippen molar-refractivity contribution in [2.45, 2.75) is 6.92 Å². The Labute approximate surface area is 81.4 Å². The topological polar surface area (TPSA) is 18.5 Å². The Balaban J connectivity index is 2.75. The second-order valence-corrected chi connectivity index (χ2v) is 2.85. The van der Waals surface area contributed by atoms with E-state index in [2.05, 4.69) is 0 Å². The predicted molar refractivity (Wildman–Crippen MR) is 48.5 cm³/mol. The Morgan fingerprint density at radius 1 is 1.21 bits per heavy atom. The van der Waals surface area contributed by atoms with Gasteiger partial charge in [0.15, 0.2) is 0 Å². The monoisotopic (exact) mass is 202 g/mol. The van der Waals surface area contributed by atoms with Crippen LogP contribution < -0.4 is 4.74 Å². The molecule has 0 aromatic heterocycles. The van der Waals surface area contributed by atoms with Crippen molar-refractivity contribution in [3.05, 3.63) is 29.3 Å². The van der Waals surface area contributed by atoms with Crippen LogP contribution in [0.5, 0.6) is 5.75 Å². The summed E-state index contributed by atoms with van der Waals surface area (Å²) in [5, 5.41) is 0. The molecule has 14 heavy (non-hydrogen) atoms. The third-order valence-corrected chi connectivity index (χ3v) is 1.81. The van der Waals surface area contributed by atoms with E-state index >= 15 is 0 Å². The molecule has 2 nitrogen and oxygen atoms in total. The minimum Gasteiger partial charge on any atom is -0.491 e. The first-order valence-electron chi connectivity index (χ1n) is 4.22. The lowest BCUT2D eigenvalue weighted by Gasteiger charge is -2.09. The lowest BCUT2D eigenvalue weighted by atomic mass is 10.2. The summed E-state index contributed by atoms with van der Waals surface area (Å²) in [5.74, 6) is -1.02. The number of ether oxygens (including phenoxy) is 2. The highest BCUT2D eigenvalue weighted by Gasteiger charge is 2.07. The lowest BCUT2D eigenvalue weighted by Crippen LogP contribution is -2.06. The van der Waals surface area contributed by atoms with Crippen LogP contribution in [0.25, 0.3) is 0 Å². The first-order valence-corrected chi connectivity index (χ1v) is 4.22. The Hall–Kier alpha value is -1.16. The summed E-state index contributed by atoms with van der Waals surface area (Å²) in [6, 6.07) is 1.99. The first kappa shape index (κ1) is 10.9. The summed E-state index contributed by atoms with van der Waals surface area (Å²) in [4.78, 5) is 0. The minimum absolute atomic E-state index is 0.222. The molecule has 0 fully saturated rings. The van der Waals surface area contributed by atoms with E-state index in [1.165, 1.54) is 14.0 Å².